The van der Waals surface area contributed by atoms with Crippen molar-refractivity contribution in [2.24, 2.45) is 21.5 Å². The zero-order valence-corrected chi connectivity index (χ0v) is 14.6. The highest BCUT2D eigenvalue weighted by Crippen LogP contribution is 2.42. The van der Waals surface area contributed by atoms with E-state index in [1.54, 1.807) is 0 Å². The molecule has 11 heteroatoms. The lowest BCUT2D eigenvalue weighted by molar-refractivity contribution is -0.387. The van der Waals surface area contributed by atoms with E-state index < -0.39 is 33.6 Å². The molecule has 0 amide bonds. The SMILES string of the molecule is COC(=O)c1c(N2C(N)=NC(N)=NC23CCCCC3)ccc([N+](=O)[O-])c1F. The topological polar surface area (TPSA) is 149 Å². The number of halogens is 1. The summed E-state index contributed by atoms with van der Waals surface area (Å²) in [5, 5.41) is 11.1. The first-order valence-corrected chi connectivity index (χ1v) is 8.35. The van der Waals surface area contributed by atoms with Crippen molar-refractivity contribution in [2.75, 3.05) is 12.0 Å². The molecule has 1 aliphatic heterocycles. The molecule has 0 aromatic heterocycles. The first-order valence-electron chi connectivity index (χ1n) is 8.35. The van der Waals surface area contributed by atoms with Crippen molar-refractivity contribution in [3.8, 4) is 0 Å². The number of anilines is 1. The van der Waals surface area contributed by atoms with Gasteiger partial charge in [-0.2, -0.15) is 9.38 Å². The summed E-state index contributed by atoms with van der Waals surface area (Å²) in [4.78, 5) is 32.3. The van der Waals surface area contributed by atoms with Gasteiger partial charge in [-0.1, -0.05) is 6.42 Å². The molecule has 10 nitrogen and oxygen atoms in total. The Balaban J connectivity index is 2.24. The number of aliphatic imine (C=N–C) groups is 2. The van der Waals surface area contributed by atoms with Gasteiger partial charge in [-0.3, -0.25) is 15.0 Å². The summed E-state index contributed by atoms with van der Waals surface area (Å²) in [6, 6.07) is 2.23. The number of hydrogen-bond donors (Lipinski definition) is 2. The number of esters is 1. The van der Waals surface area contributed by atoms with Crippen molar-refractivity contribution >= 4 is 29.3 Å². The van der Waals surface area contributed by atoms with Crippen LogP contribution in [0.2, 0.25) is 0 Å². The van der Waals surface area contributed by atoms with Crippen LogP contribution in [0.5, 0.6) is 0 Å². The van der Waals surface area contributed by atoms with Gasteiger partial charge in [-0.25, -0.2) is 9.79 Å². The van der Waals surface area contributed by atoms with Crippen LogP contribution in [0.25, 0.3) is 0 Å². The Hall–Kier alpha value is -3.24. The van der Waals surface area contributed by atoms with Crippen LogP contribution in [0.1, 0.15) is 42.5 Å². The Kier molecular flexibility index (Phi) is 4.68. The number of guanidine groups is 2. The van der Waals surface area contributed by atoms with E-state index in [4.69, 9.17) is 11.5 Å². The molecular weight excluding hydrogens is 359 g/mol. The average molecular weight is 378 g/mol. The molecule has 1 saturated carbocycles. The number of nitrogens with two attached hydrogens (primary N) is 2. The summed E-state index contributed by atoms with van der Waals surface area (Å²) in [7, 11) is 1.06. The number of nitro groups is 1. The van der Waals surface area contributed by atoms with Gasteiger partial charge in [0.2, 0.25) is 17.7 Å². The molecule has 27 heavy (non-hydrogen) atoms. The number of rotatable bonds is 3. The Bertz CT molecular complexity index is 863. The van der Waals surface area contributed by atoms with Crippen molar-refractivity contribution in [1.29, 1.82) is 0 Å². The third kappa shape index (κ3) is 3.04. The number of hydrogen-bond acceptors (Lipinski definition) is 9. The highest BCUT2D eigenvalue weighted by atomic mass is 19.1. The Morgan fingerprint density at radius 3 is 2.59 bits per heavy atom. The largest absolute Gasteiger partial charge is 0.465 e. The highest BCUT2D eigenvalue weighted by Gasteiger charge is 2.45. The molecule has 144 valence electrons. The fraction of sp³-hybridized carbons (Fsp3) is 0.438. The molecule has 1 aromatic carbocycles. The Morgan fingerprint density at radius 1 is 1.33 bits per heavy atom. The molecule has 1 fully saturated rings. The summed E-state index contributed by atoms with van der Waals surface area (Å²) in [6.07, 6.45) is 3.75. The fourth-order valence-corrected chi connectivity index (χ4v) is 3.65. The van der Waals surface area contributed by atoms with E-state index in [1.807, 2.05) is 0 Å². The molecular formula is C16H19FN6O4. The van der Waals surface area contributed by atoms with Gasteiger partial charge >= 0.3 is 11.7 Å². The van der Waals surface area contributed by atoms with Crippen LogP contribution in [0.15, 0.2) is 22.1 Å². The minimum Gasteiger partial charge on any atom is -0.465 e. The van der Waals surface area contributed by atoms with Crippen LogP contribution in [0, 0.1) is 15.9 Å². The summed E-state index contributed by atoms with van der Waals surface area (Å²) < 4.78 is 19.5. The molecule has 0 bridgehead atoms. The zero-order chi connectivity index (χ0) is 19.8. The first kappa shape index (κ1) is 18.5. The van der Waals surface area contributed by atoms with Crippen LogP contribution in [0.4, 0.5) is 15.8 Å². The van der Waals surface area contributed by atoms with E-state index >= 15 is 0 Å². The van der Waals surface area contributed by atoms with Gasteiger partial charge in [0.25, 0.3) is 0 Å². The zero-order valence-electron chi connectivity index (χ0n) is 14.6. The third-order valence-electron chi connectivity index (χ3n) is 4.78. The van der Waals surface area contributed by atoms with E-state index in [2.05, 4.69) is 14.7 Å². The molecule has 3 rings (SSSR count). The second kappa shape index (κ2) is 6.82. The highest BCUT2D eigenvalue weighted by molar-refractivity contribution is 6.09. The Morgan fingerprint density at radius 2 is 2.00 bits per heavy atom. The van der Waals surface area contributed by atoms with Gasteiger partial charge in [-0.15, -0.1) is 0 Å². The predicted molar refractivity (Wildman–Crippen MR) is 95.9 cm³/mol. The third-order valence-corrected chi connectivity index (χ3v) is 4.78. The maximum atomic E-state index is 14.8. The molecule has 1 aliphatic carbocycles. The van der Waals surface area contributed by atoms with Crippen molar-refractivity contribution < 1.29 is 18.8 Å². The number of ether oxygens (including phenoxy) is 1. The van der Waals surface area contributed by atoms with Crippen LogP contribution >= 0.6 is 0 Å². The van der Waals surface area contributed by atoms with Gasteiger partial charge in [0, 0.05) is 6.07 Å². The van der Waals surface area contributed by atoms with Gasteiger partial charge in [0.1, 0.15) is 11.2 Å². The lowest BCUT2D eigenvalue weighted by atomic mass is 9.87. The van der Waals surface area contributed by atoms with Crippen LogP contribution < -0.4 is 16.4 Å². The minimum atomic E-state index is -1.30. The van der Waals surface area contributed by atoms with Gasteiger partial charge in [0.05, 0.1) is 17.7 Å². The van der Waals surface area contributed by atoms with Crippen molar-refractivity contribution in [1.82, 2.24) is 0 Å². The number of carbonyl (C=O) groups is 1. The van der Waals surface area contributed by atoms with Crippen LogP contribution in [0.3, 0.4) is 0 Å². The number of nitrogens with zero attached hydrogens (tertiary/aromatic N) is 4. The molecule has 4 N–H and O–H groups in total. The van der Waals surface area contributed by atoms with Crippen LogP contribution in [-0.2, 0) is 4.74 Å². The lowest BCUT2D eigenvalue weighted by Gasteiger charge is -2.46. The number of carbonyl (C=O) groups excluding carboxylic acids is 1. The number of nitro benzene ring substituents is 1. The molecule has 1 spiro atoms. The molecule has 0 radical (unpaired) electrons. The smallest absolute Gasteiger partial charge is 0.343 e. The molecule has 0 saturated heterocycles. The second-order valence-corrected chi connectivity index (χ2v) is 6.36. The molecule has 1 aromatic rings. The predicted octanol–water partition coefficient (Wildman–Crippen LogP) is 1.63. The normalized spacial score (nSPS) is 18.7. The molecule has 1 heterocycles. The van der Waals surface area contributed by atoms with Gasteiger partial charge in [-0.05, 0) is 31.7 Å². The van der Waals surface area contributed by atoms with E-state index in [0.29, 0.717) is 12.8 Å². The molecule has 2 aliphatic rings. The number of methoxy groups -OCH3 is 1. The van der Waals surface area contributed by atoms with E-state index in [1.165, 1.54) is 11.0 Å². The monoisotopic (exact) mass is 378 g/mol. The lowest BCUT2D eigenvalue weighted by Crippen LogP contribution is -2.58. The average Bonchev–Trinajstić information content (AvgIpc) is 2.61. The summed E-state index contributed by atoms with van der Waals surface area (Å²) in [5.74, 6) is -2.44. The van der Waals surface area contributed by atoms with E-state index in [-0.39, 0.29) is 17.6 Å². The van der Waals surface area contributed by atoms with Crippen molar-refractivity contribution in [3.63, 3.8) is 0 Å². The quantitative estimate of drug-likeness (QED) is 0.461. The summed E-state index contributed by atoms with van der Waals surface area (Å²) in [5.41, 5.74) is 9.50. The first-order chi connectivity index (χ1) is 12.8. The minimum absolute atomic E-state index is 0.00403. The summed E-state index contributed by atoms with van der Waals surface area (Å²) >= 11 is 0. The van der Waals surface area contributed by atoms with E-state index in [0.717, 1.165) is 32.4 Å². The maximum Gasteiger partial charge on any atom is 0.343 e. The number of benzene rings is 1. The van der Waals surface area contributed by atoms with Gasteiger partial charge < -0.3 is 16.2 Å². The van der Waals surface area contributed by atoms with Gasteiger partial charge in [0.15, 0.2) is 0 Å². The standard InChI is InChI=1S/C16H19FN6O4/c1-27-13(24)11-9(5-6-10(12(11)17)23(25)26)22-15(19)20-14(18)21-16(22)7-3-2-4-8-16/h5-6H,2-4,7-8H2,1H3,(H4,18,19,20,21). The van der Waals surface area contributed by atoms with E-state index in [9.17, 15) is 19.3 Å². The maximum absolute atomic E-state index is 14.8. The molecule has 0 atom stereocenters. The second-order valence-electron chi connectivity index (χ2n) is 6.36. The van der Waals surface area contributed by atoms with Crippen molar-refractivity contribution in [3.05, 3.63) is 33.6 Å². The fourth-order valence-electron chi connectivity index (χ4n) is 3.65. The summed E-state index contributed by atoms with van der Waals surface area (Å²) in [6.45, 7) is 0. The van der Waals surface area contributed by atoms with Crippen LogP contribution in [-0.4, -0.2) is 35.6 Å². The Labute approximate surface area is 153 Å². The van der Waals surface area contributed by atoms with Crippen molar-refractivity contribution in [2.45, 2.75) is 37.8 Å². The molecule has 0 unspecified atom stereocenters.